The van der Waals surface area contributed by atoms with Crippen LogP contribution in [0, 0.1) is 0 Å². The van der Waals surface area contributed by atoms with Gasteiger partial charge in [0, 0.05) is 67.7 Å². The topological polar surface area (TPSA) is 43.9 Å². The van der Waals surface area contributed by atoms with Crippen LogP contribution in [0.25, 0.3) is 0 Å². The molecule has 1 aliphatic rings. The molecule has 1 fully saturated rings. The van der Waals surface area contributed by atoms with Gasteiger partial charge in [0.15, 0.2) is 0 Å². The molecule has 1 aliphatic heterocycles. The summed E-state index contributed by atoms with van der Waals surface area (Å²) in [6.45, 7) is 3.49. The Kier molecular flexibility index (Phi) is 7.54. The summed E-state index contributed by atoms with van der Waals surface area (Å²) >= 11 is 12.1. The summed E-state index contributed by atoms with van der Waals surface area (Å²) in [5.74, 6) is 0.205. The minimum Gasteiger partial charge on any atom is -0.368 e. The maximum atomic E-state index is 12.3. The lowest BCUT2D eigenvalue weighted by Crippen LogP contribution is -2.48. The van der Waals surface area contributed by atoms with E-state index in [4.69, 9.17) is 23.2 Å². The van der Waals surface area contributed by atoms with Crippen molar-refractivity contribution in [1.82, 2.24) is 9.80 Å². The summed E-state index contributed by atoms with van der Waals surface area (Å²) in [6.07, 6.45) is 1.13. The zero-order valence-corrected chi connectivity index (χ0v) is 16.3. The number of anilines is 1. The summed E-state index contributed by atoms with van der Waals surface area (Å²) < 4.78 is 0. The molecular formula is C18H25Cl2N3O2. The molecule has 0 spiro atoms. The molecule has 0 aromatic heterocycles. The zero-order valence-electron chi connectivity index (χ0n) is 14.8. The molecule has 0 unspecified atom stereocenters. The number of carbonyl (C=O) groups excluding carboxylic acids is 2. The summed E-state index contributed by atoms with van der Waals surface area (Å²) in [6, 6.07) is 5.47. The van der Waals surface area contributed by atoms with Crippen LogP contribution in [0.4, 0.5) is 5.69 Å². The van der Waals surface area contributed by atoms with Crippen LogP contribution in [0.15, 0.2) is 18.2 Å². The second-order valence-corrected chi connectivity index (χ2v) is 7.46. The van der Waals surface area contributed by atoms with E-state index < -0.39 is 0 Å². The molecule has 0 aliphatic carbocycles. The number of piperazine rings is 1. The Morgan fingerprint density at radius 1 is 0.960 bits per heavy atom. The number of hydrogen-bond donors (Lipinski definition) is 0. The Hall–Kier alpha value is -1.30. The lowest BCUT2D eigenvalue weighted by molar-refractivity contribution is -0.133. The third-order valence-corrected chi connectivity index (χ3v) is 4.74. The maximum Gasteiger partial charge on any atom is 0.223 e. The van der Waals surface area contributed by atoms with Crippen LogP contribution in [0.2, 0.25) is 10.0 Å². The van der Waals surface area contributed by atoms with Crippen LogP contribution in [0.5, 0.6) is 0 Å². The first kappa shape index (κ1) is 20.0. The van der Waals surface area contributed by atoms with Crippen molar-refractivity contribution in [2.45, 2.75) is 19.3 Å². The average molecular weight is 386 g/mol. The first-order chi connectivity index (χ1) is 11.8. The first-order valence-electron chi connectivity index (χ1n) is 8.50. The van der Waals surface area contributed by atoms with Crippen molar-refractivity contribution in [3.05, 3.63) is 28.2 Å². The van der Waals surface area contributed by atoms with Crippen molar-refractivity contribution < 1.29 is 9.59 Å². The third kappa shape index (κ3) is 6.49. The van der Waals surface area contributed by atoms with Gasteiger partial charge in [0.25, 0.3) is 0 Å². The van der Waals surface area contributed by atoms with Crippen LogP contribution in [-0.4, -0.2) is 68.3 Å². The predicted octanol–water partition coefficient (Wildman–Crippen LogP) is 2.94. The van der Waals surface area contributed by atoms with Crippen molar-refractivity contribution in [1.29, 1.82) is 0 Å². The smallest absolute Gasteiger partial charge is 0.223 e. The molecule has 138 valence electrons. The third-order valence-electron chi connectivity index (χ3n) is 4.30. The van der Waals surface area contributed by atoms with Gasteiger partial charge >= 0.3 is 0 Å². The molecule has 1 aromatic rings. The fourth-order valence-corrected chi connectivity index (χ4v) is 3.33. The van der Waals surface area contributed by atoms with Crippen LogP contribution in [0.1, 0.15) is 19.3 Å². The molecular weight excluding hydrogens is 361 g/mol. The SMILES string of the molecule is CN(C)CCC(=O)CCC(=O)N1CCN(c2cc(Cl)cc(Cl)c2)CC1. The van der Waals surface area contributed by atoms with Gasteiger partial charge in [0.1, 0.15) is 5.78 Å². The second-order valence-electron chi connectivity index (χ2n) is 6.59. The number of carbonyl (C=O) groups is 2. The molecule has 5 nitrogen and oxygen atoms in total. The van der Waals surface area contributed by atoms with Gasteiger partial charge in [-0.15, -0.1) is 0 Å². The van der Waals surface area contributed by atoms with Gasteiger partial charge in [-0.1, -0.05) is 23.2 Å². The van der Waals surface area contributed by atoms with Gasteiger partial charge in [-0.3, -0.25) is 9.59 Å². The number of benzene rings is 1. The van der Waals surface area contributed by atoms with E-state index in [9.17, 15) is 9.59 Å². The molecule has 1 amide bonds. The Bertz CT molecular complexity index is 594. The number of halogens is 2. The standard InChI is InChI=1S/C18H25Cl2N3O2/c1-21(2)6-5-17(24)3-4-18(25)23-9-7-22(8-10-23)16-12-14(19)11-15(20)13-16/h11-13H,3-10H2,1-2H3. The maximum absolute atomic E-state index is 12.3. The second kappa shape index (κ2) is 9.41. The van der Waals surface area contributed by atoms with Crippen molar-refractivity contribution in [2.24, 2.45) is 0 Å². The van der Waals surface area contributed by atoms with Crippen molar-refractivity contribution in [2.75, 3.05) is 51.7 Å². The Labute approximate surface area is 159 Å². The van der Waals surface area contributed by atoms with Crippen LogP contribution in [0.3, 0.4) is 0 Å². The molecule has 0 saturated carbocycles. The summed E-state index contributed by atoms with van der Waals surface area (Å²) in [4.78, 5) is 30.1. The largest absolute Gasteiger partial charge is 0.368 e. The van der Waals surface area contributed by atoms with E-state index in [0.29, 0.717) is 42.4 Å². The molecule has 25 heavy (non-hydrogen) atoms. The number of rotatable bonds is 7. The molecule has 2 rings (SSSR count). The van der Waals surface area contributed by atoms with E-state index in [1.165, 1.54) is 0 Å². The minimum absolute atomic E-state index is 0.0574. The zero-order chi connectivity index (χ0) is 18.4. The molecule has 1 aromatic carbocycles. The van der Waals surface area contributed by atoms with Gasteiger partial charge < -0.3 is 14.7 Å². The number of amides is 1. The van der Waals surface area contributed by atoms with E-state index in [2.05, 4.69) is 4.90 Å². The van der Waals surface area contributed by atoms with E-state index in [1.807, 2.05) is 36.0 Å². The highest BCUT2D eigenvalue weighted by Crippen LogP contribution is 2.26. The molecule has 0 bridgehead atoms. The average Bonchev–Trinajstić information content (AvgIpc) is 2.57. The summed E-state index contributed by atoms with van der Waals surface area (Å²) in [5.41, 5.74) is 0.975. The fraction of sp³-hybridized carbons (Fsp3) is 0.556. The number of ketones is 1. The summed E-state index contributed by atoms with van der Waals surface area (Å²) in [7, 11) is 3.87. The van der Waals surface area contributed by atoms with E-state index in [-0.39, 0.29) is 11.7 Å². The highest BCUT2D eigenvalue weighted by atomic mass is 35.5. The van der Waals surface area contributed by atoms with Crippen molar-refractivity contribution in [3.8, 4) is 0 Å². The van der Waals surface area contributed by atoms with Crippen molar-refractivity contribution >= 4 is 40.6 Å². The van der Waals surface area contributed by atoms with Gasteiger partial charge in [-0.05, 0) is 32.3 Å². The van der Waals surface area contributed by atoms with Crippen LogP contribution in [-0.2, 0) is 9.59 Å². The van der Waals surface area contributed by atoms with Gasteiger partial charge in [0.05, 0.1) is 0 Å². The molecule has 1 saturated heterocycles. The monoisotopic (exact) mass is 385 g/mol. The molecule has 0 atom stereocenters. The van der Waals surface area contributed by atoms with Gasteiger partial charge in [-0.2, -0.15) is 0 Å². The normalized spacial score (nSPS) is 14.9. The highest BCUT2D eigenvalue weighted by molar-refractivity contribution is 6.35. The molecule has 0 radical (unpaired) electrons. The van der Waals surface area contributed by atoms with Crippen molar-refractivity contribution in [3.63, 3.8) is 0 Å². The molecule has 7 heteroatoms. The quantitative estimate of drug-likeness (QED) is 0.723. The van der Waals surface area contributed by atoms with Gasteiger partial charge in [-0.25, -0.2) is 0 Å². The Balaban J connectivity index is 1.77. The van der Waals surface area contributed by atoms with Gasteiger partial charge in [0.2, 0.25) is 5.91 Å². The van der Waals surface area contributed by atoms with Crippen LogP contribution >= 0.6 is 23.2 Å². The fourth-order valence-electron chi connectivity index (χ4n) is 2.81. The lowest BCUT2D eigenvalue weighted by Gasteiger charge is -2.36. The first-order valence-corrected chi connectivity index (χ1v) is 9.26. The minimum atomic E-state index is 0.0574. The van der Waals surface area contributed by atoms with E-state index >= 15 is 0 Å². The van der Waals surface area contributed by atoms with Crippen LogP contribution < -0.4 is 4.90 Å². The van der Waals surface area contributed by atoms with E-state index in [0.717, 1.165) is 25.3 Å². The Morgan fingerprint density at radius 3 is 2.12 bits per heavy atom. The highest BCUT2D eigenvalue weighted by Gasteiger charge is 2.22. The number of Topliss-reactive ketones (excluding diaryl/α,β-unsaturated/α-hetero) is 1. The molecule has 0 N–H and O–H groups in total. The Morgan fingerprint density at radius 2 is 1.56 bits per heavy atom. The molecule has 1 heterocycles. The van der Waals surface area contributed by atoms with E-state index in [1.54, 1.807) is 6.07 Å². The predicted molar refractivity (Wildman–Crippen MR) is 103 cm³/mol. The lowest BCUT2D eigenvalue weighted by atomic mass is 10.1. The number of hydrogen-bond acceptors (Lipinski definition) is 4. The number of nitrogens with zero attached hydrogens (tertiary/aromatic N) is 3. The summed E-state index contributed by atoms with van der Waals surface area (Å²) in [5, 5.41) is 1.22.